The Hall–Kier alpha value is -2.24. The number of ether oxygens (including phenoxy) is 4. The minimum absolute atomic E-state index is 0.0474. The van der Waals surface area contributed by atoms with Gasteiger partial charge in [-0.15, -0.1) is 0 Å². The van der Waals surface area contributed by atoms with Crippen LogP contribution in [0.4, 0.5) is 0 Å². The van der Waals surface area contributed by atoms with Crippen molar-refractivity contribution in [3.05, 3.63) is 54.1 Å². The Balaban J connectivity index is 1.80. The second-order valence-electron chi connectivity index (χ2n) is 5.83. The van der Waals surface area contributed by atoms with Gasteiger partial charge in [0.25, 0.3) is 0 Å². The lowest BCUT2D eigenvalue weighted by molar-refractivity contribution is -0.0432. The van der Waals surface area contributed by atoms with E-state index in [0.717, 1.165) is 35.9 Å². The summed E-state index contributed by atoms with van der Waals surface area (Å²) < 4.78 is 23.0. The molecule has 5 heteroatoms. The number of rotatable bonds is 7. The molecule has 0 aromatic heterocycles. The Labute approximate surface area is 148 Å². The number of morpholine rings is 1. The number of methoxy groups -OCH3 is 1. The van der Waals surface area contributed by atoms with Crippen molar-refractivity contribution in [2.75, 3.05) is 33.4 Å². The minimum Gasteiger partial charge on any atom is -0.497 e. The van der Waals surface area contributed by atoms with E-state index in [2.05, 4.69) is 5.32 Å². The Morgan fingerprint density at radius 1 is 1.04 bits per heavy atom. The lowest BCUT2D eigenvalue weighted by Gasteiger charge is -2.31. The topological polar surface area (TPSA) is 49.0 Å². The molecule has 2 aromatic rings. The summed E-state index contributed by atoms with van der Waals surface area (Å²) in [6.45, 7) is 4.94. The molecule has 0 aliphatic carbocycles. The second-order valence-corrected chi connectivity index (χ2v) is 5.83. The Morgan fingerprint density at radius 3 is 2.32 bits per heavy atom. The quantitative estimate of drug-likeness (QED) is 0.837. The summed E-state index contributed by atoms with van der Waals surface area (Å²) in [5.41, 5.74) is 1.06. The lowest BCUT2D eigenvalue weighted by Crippen LogP contribution is -2.43. The van der Waals surface area contributed by atoms with Crippen molar-refractivity contribution in [2.45, 2.75) is 19.1 Å². The zero-order valence-corrected chi connectivity index (χ0v) is 14.7. The van der Waals surface area contributed by atoms with Gasteiger partial charge in [-0.05, 0) is 48.9 Å². The normalized spacial score (nSPS) is 18.4. The van der Waals surface area contributed by atoms with Crippen LogP contribution in [-0.4, -0.2) is 39.5 Å². The number of benzene rings is 2. The highest BCUT2D eigenvalue weighted by molar-refractivity contribution is 5.33. The van der Waals surface area contributed by atoms with Crippen molar-refractivity contribution < 1.29 is 18.9 Å². The molecule has 1 heterocycles. The fourth-order valence-electron chi connectivity index (χ4n) is 2.86. The van der Waals surface area contributed by atoms with Crippen molar-refractivity contribution >= 4 is 0 Å². The molecule has 0 bridgehead atoms. The summed E-state index contributed by atoms with van der Waals surface area (Å²) in [6, 6.07) is 15.6. The van der Waals surface area contributed by atoms with Gasteiger partial charge < -0.3 is 24.3 Å². The predicted octanol–water partition coefficient (Wildman–Crippen LogP) is 3.20. The molecule has 2 atom stereocenters. The molecule has 1 N–H and O–H groups in total. The summed E-state index contributed by atoms with van der Waals surface area (Å²) in [5.74, 6) is 2.45. The van der Waals surface area contributed by atoms with Gasteiger partial charge in [0.2, 0.25) is 0 Å². The van der Waals surface area contributed by atoms with Crippen LogP contribution in [0.1, 0.15) is 18.6 Å². The molecule has 2 unspecified atom stereocenters. The molecule has 0 spiro atoms. The maximum absolute atomic E-state index is 6.28. The van der Waals surface area contributed by atoms with Gasteiger partial charge >= 0.3 is 0 Å². The molecular formula is C20H25NO4. The van der Waals surface area contributed by atoms with Crippen LogP contribution in [-0.2, 0) is 4.74 Å². The fraction of sp³-hybridized carbons (Fsp3) is 0.400. The zero-order chi connectivity index (χ0) is 17.5. The SMILES string of the molecule is CCOc1ccc(C(Oc2ccc(OC)cc2)C2CNCCO2)cc1. The summed E-state index contributed by atoms with van der Waals surface area (Å²) in [5, 5.41) is 3.37. The van der Waals surface area contributed by atoms with E-state index >= 15 is 0 Å². The molecule has 3 rings (SSSR count). The van der Waals surface area contributed by atoms with Crippen LogP contribution >= 0.6 is 0 Å². The largest absolute Gasteiger partial charge is 0.497 e. The third-order valence-corrected chi connectivity index (χ3v) is 4.14. The Morgan fingerprint density at radius 2 is 1.72 bits per heavy atom. The van der Waals surface area contributed by atoms with Crippen molar-refractivity contribution in [1.29, 1.82) is 0 Å². The first-order valence-corrected chi connectivity index (χ1v) is 8.66. The van der Waals surface area contributed by atoms with Crippen LogP contribution in [0.15, 0.2) is 48.5 Å². The maximum atomic E-state index is 6.28. The molecule has 1 aliphatic heterocycles. The molecule has 1 aliphatic rings. The highest BCUT2D eigenvalue weighted by Gasteiger charge is 2.28. The molecule has 0 amide bonds. The van der Waals surface area contributed by atoms with Crippen molar-refractivity contribution in [3.8, 4) is 17.2 Å². The summed E-state index contributed by atoms with van der Waals surface area (Å²) in [6.07, 6.45) is -0.245. The van der Waals surface area contributed by atoms with Crippen LogP contribution in [0.25, 0.3) is 0 Å². The minimum atomic E-state index is -0.197. The summed E-state index contributed by atoms with van der Waals surface area (Å²) in [7, 11) is 1.65. The number of nitrogens with one attached hydrogen (secondary N) is 1. The lowest BCUT2D eigenvalue weighted by atomic mass is 10.0. The number of hydrogen-bond donors (Lipinski definition) is 1. The Kier molecular flexibility index (Phi) is 6.14. The highest BCUT2D eigenvalue weighted by atomic mass is 16.5. The highest BCUT2D eigenvalue weighted by Crippen LogP contribution is 2.29. The van der Waals surface area contributed by atoms with Crippen LogP contribution in [0.3, 0.4) is 0 Å². The van der Waals surface area contributed by atoms with Crippen LogP contribution in [0, 0.1) is 0 Å². The van der Waals surface area contributed by atoms with E-state index in [1.54, 1.807) is 7.11 Å². The van der Waals surface area contributed by atoms with E-state index < -0.39 is 0 Å². The third-order valence-electron chi connectivity index (χ3n) is 4.14. The van der Waals surface area contributed by atoms with Crippen molar-refractivity contribution in [3.63, 3.8) is 0 Å². The van der Waals surface area contributed by atoms with E-state index in [9.17, 15) is 0 Å². The van der Waals surface area contributed by atoms with Gasteiger partial charge in [-0.3, -0.25) is 0 Å². The molecule has 0 radical (unpaired) electrons. The van der Waals surface area contributed by atoms with Crippen molar-refractivity contribution in [1.82, 2.24) is 5.32 Å². The summed E-state index contributed by atoms with van der Waals surface area (Å²) in [4.78, 5) is 0. The van der Waals surface area contributed by atoms with E-state index in [1.807, 2.05) is 55.5 Å². The molecule has 2 aromatic carbocycles. The van der Waals surface area contributed by atoms with Gasteiger partial charge in [0.1, 0.15) is 23.4 Å². The number of hydrogen-bond acceptors (Lipinski definition) is 5. The maximum Gasteiger partial charge on any atom is 0.151 e. The van der Waals surface area contributed by atoms with Gasteiger partial charge in [-0.1, -0.05) is 12.1 Å². The molecule has 1 saturated heterocycles. The average molecular weight is 343 g/mol. The van der Waals surface area contributed by atoms with Gasteiger partial charge in [0.15, 0.2) is 6.10 Å². The zero-order valence-electron chi connectivity index (χ0n) is 14.7. The van der Waals surface area contributed by atoms with E-state index in [4.69, 9.17) is 18.9 Å². The van der Waals surface area contributed by atoms with Crippen LogP contribution in [0.2, 0.25) is 0 Å². The third kappa shape index (κ3) is 4.65. The average Bonchev–Trinajstić information content (AvgIpc) is 2.68. The standard InChI is InChI=1S/C20H25NO4/c1-3-23-17-6-4-15(5-7-17)20(19-14-21-12-13-24-19)25-18-10-8-16(22-2)9-11-18/h4-11,19-21H,3,12-14H2,1-2H3. The predicted molar refractivity (Wildman–Crippen MR) is 96.6 cm³/mol. The molecular weight excluding hydrogens is 318 g/mol. The monoisotopic (exact) mass is 343 g/mol. The van der Waals surface area contributed by atoms with Crippen LogP contribution < -0.4 is 19.5 Å². The first-order valence-electron chi connectivity index (χ1n) is 8.66. The van der Waals surface area contributed by atoms with Gasteiger partial charge in [-0.2, -0.15) is 0 Å². The molecule has 0 saturated carbocycles. The van der Waals surface area contributed by atoms with E-state index in [1.165, 1.54) is 0 Å². The smallest absolute Gasteiger partial charge is 0.151 e. The molecule has 1 fully saturated rings. The second kappa shape index (κ2) is 8.74. The Bertz CT molecular complexity index is 636. The van der Waals surface area contributed by atoms with Gasteiger partial charge in [-0.25, -0.2) is 0 Å². The van der Waals surface area contributed by atoms with E-state index in [-0.39, 0.29) is 12.2 Å². The molecule has 134 valence electrons. The first kappa shape index (κ1) is 17.6. The van der Waals surface area contributed by atoms with E-state index in [0.29, 0.717) is 13.2 Å². The first-order chi connectivity index (χ1) is 12.3. The van der Waals surface area contributed by atoms with Gasteiger partial charge in [0.05, 0.1) is 20.3 Å². The van der Waals surface area contributed by atoms with Crippen LogP contribution in [0.5, 0.6) is 17.2 Å². The summed E-state index contributed by atoms with van der Waals surface area (Å²) >= 11 is 0. The van der Waals surface area contributed by atoms with Gasteiger partial charge in [0, 0.05) is 13.1 Å². The molecule has 5 nitrogen and oxygen atoms in total. The molecule has 25 heavy (non-hydrogen) atoms. The van der Waals surface area contributed by atoms with Crippen molar-refractivity contribution in [2.24, 2.45) is 0 Å². The fourth-order valence-corrected chi connectivity index (χ4v) is 2.86.